The molecule has 1 amide bonds. The number of hydrazine groups is 1. The van der Waals surface area contributed by atoms with Gasteiger partial charge in [-0.2, -0.15) is 0 Å². The Hall–Kier alpha value is -0.710. The molecular weight excluding hydrogens is 256 g/mol. The predicted octanol–water partition coefficient (Wildman–Crippen LogP) is 2.73. The molecule has 94 valence electrons. The summed E-state index contributed by atoms with van der Waals surface area (Å²) in [6, 6.07) is 7.67. The van der Waals surface area contributed by atoms with Gasteiger partial charge in [0.05, 0.1) is 5.25 Å². The van der Waals surface area contributed by atoms with E-state index in [4.69, 9.17) is 17.4 Å². The SMILES string of the molecule is CCCC(SCc1ccccc1Cl)C(=O)NN. The van der Waals surface area contributed by atoms with Gasteiger partial charge in [-0.1, -0.05) is 43.1 Å². The van der Waals surface area contributed by atoms with Gasteiger partial charge in [-0.05, 0) is 18.1 Å². The van der Waals surface area contributed by atoms with E-state index in [1.54, 1.807) is 11.8 Å². The quantitative estimate of drug-likeness (QED) is 0.476. The maximum absolute atomic E-state index is 11.5. The number of hydrogen-bond acceptors (Lipinski definition) is 3. The lowest BCUT2D eigenvalue weighted by Gasteiger charge is -2.14. The fraction of sp³-hybridized carbons (Fsp3) is 0.417. The molecule has 0 fully saturated rings. The Morgan fingerprint density at radius 2 is 2.24 bits per heavy atom. The van der Waals surface area contributed by atoms with Crippen molar-refractivity contribution in [3.05, 3.63) is 34.9 Å². The maximum atomic E-state index is 11.5. The third kappa shape index (κ3) is 4.58. The lowest BCUT2D eigenvalue weighted by molar-refractivity contribution is -0.120. The normalized spacial score (nSPS) is 12.2. The van der Waals surface area contributed by atoms with Crippen molar-refractivity contribution < 1.29 is 4.79 Å². The van der Waals surface area contributed by atoms with Crippen molar-refractivity contribution >= 4 is 29.3 Å². The Morgan fingerprint density at radius 1 is 1.53 bits per heavy atom. The number of carbonyl (C=O) groups is 1. The van der Waals surface area contributed by atoms with E-state index < -0.39 is 0 Å². The second-order valence-corrected chi connectivity index (χ2v) is 5.29. The summed E-state index contributed by atoms with van der Waals surface area (Å²) < 4.78 is 0. The molecule has 1 unspecified atom stereocenters. The molecule has 0 saturated heterocycles. The summed E-state index contributed by atoms with van der Waals surface area (Å²) in [6.45, 7) is 2.05. The highest BCUT2D eigenvalue weighted by Crippen LogP contribution is 2.25. The van der Waals surface area contributed by atoms with E-state index >= 15 is 0 Å². The van der Waals surface area contributed by atoms with E-state index in [-0.39, 0.29) is 11.2 Å². The molecule has 0 aliphatic carbocycles. The highest BCUT2D eigenvalue weighted by molar-refractivity contribution is 7.99. The highest BCUT2D eigenvalue weighted by atomic mass is 35.5. The van der Waals surface area contributed by atoms with Crippen molar-refractivity contribution in [3.8, 4) is 0 Å². The molecule has 17 heavy (non-hydrogen) atoms. The second kappa shape index (κ2) is 7.58. The van der Waals surface area contributed by atoms with Gasteiger partial charge in [-0.3, -0.25) is 10.2 Å². The molecule has 1 rings (SSSR count). The molecule has 0 aromatic heterocycles. The first kappa shape index (κ1) is 14.4. The van der Waals surface area contributed by atoms with Crippen LogP contribution in [0.25, 0.3) is 0 Å². The third-order valence-corrected chi connectivity index (χ3v) is 4.08. The Bertz CT molecular complexity index is 373. The summed E-state index contributed by atoms with van der Waals surface area (Å²) in [6.07, 6.45) is 1.77. The van der Waals surface area contributed by atoms with Gasteiger partial charge in [0.2, 0.25) is 5.91 Å². The predicted molar refractivity (Wildman–Crippen MR) is 73.8 cm³/mol. The molecular formula is C12H17ClN2OS. The van der Waals surface area contributed by atoms with Crippen LogP contribution in [-0.2, 0) is 10.5 Å². The third-order valence-electron chi connectivity index (χ3n) is 2.38. The molecule has 1 atom stereocenters. The second-order valence-electron chi connectivity index (χ2n) is 3.69. The molecule has 0 radical (unpaired) electrons. The molecule has 0 aliphatic rings. The average Bonchev–Trinajstić information content (AvgIpc) is 2.35. The van der Waals surface area contributed by atoms with Crippen molar-refractivity contribution in [2.45, 2.75) is 30.8 Å². The van der Waals surface area contributed by atoms with Crippen LogP contribution in [0.5, 0.6) is 0 Å². The smallest absolute Gasteiger partial charge is 0.246 e. The largest absolute Gasteiger partial charge is 0.293 e. The first-order chi connectivity index (χ1) is 8.19. The summed E-state index contributed by atoms with van der Waals surface area (Å²) >= 11 is 7.63. The van der Waals surface area contributed by atoms with Crippen molar-refractivity contribution in [2.24, 2.45) is 5.84 Å². The minimum Gasteiger partial charge on any atom is -0.293 e. The van der Waals surface area contributed by atoms with Gasteiger partial charge >= 0.3 is 0 Å². The molecule has 0 bridgehead atoms. The van der Waals surface area contributed by atoms with Crippen LogP contribution in [0.4, 0.5) is 0 Å². The zero-order valence-electron chi connectivity index (χ0n) is 9.78. The van der Waals surface area contributed by atoms with Crippen molar-refractivity contribution in [1.82, 2.24) is 5.43 Å². The summed E-state index contributed by atoms with van der Waals surface area (Å²) in [7, 11) is 0. The van der Waals surface area contributed by atoms with Gasteiger partial charge in [0, 0.05) is 10.8 Å². The Labute approximate surface area is 111 Å². The molecule has 1 aromatic rings. The number of amides is 1. The molecule has 0 heterocycles. The van der Waals surface area contributed by atoms with Gasteiger partial charge in [-0.25, -0.2) is 5.84 Å². The molecule has 5 heteroatoms. The molecule has 0 spiro atoms. The van der Waals surface area contributed by atoms with Crippen LogP contribution in [0.15, 0.2) is 24.3 Å². The molecule has 3 N–H and O–H groups in total. The molecule has 0 aliphatic heterocycles. The number of carbonyl (C=O) groups excluding carboxylic acids is 1. The Morgan fingerprint density at radius 3 is 2.82 bits per heavy atom. The lowest BCUT2D eigenvalue weighted by atomic mass is 10.2. The van der Waals surface area contributed by atoms with Crippen LogP contribution >= 0.6 is 23.4 Å². The number of thioether (sulfide) groups is 1. The summed E-state index contributed by atoms with van der Waals surface area (Å²) in [4.78, 5) is 11.5. The summed E-state index contributed by atoms with van der Waals surface area (Å²) in [5.41, 5.74) is 3.25. The number of benzene rings is 1. The molecule has 3 nitrogen and oxygen atoms in total. The lowest BCUT2D eigenvalue weighted by Crippen LogP contribution is -2.37. The van der Waals surface area contributed by atoms with Crippen LogP contribution in [0.2, 0.25) is 5.02 Å². The van der Waals surface area contributed by atoms with Crippen molar-refractivity contribution in [1.29, 1.82) is 0 Å². The van der Waals surface area contributed by atoms with E-state index in [9.17, 15) is 4.79 Å². The average molecular weight is 273 g/mol. The van der Waals surface area contributed by atoms with Crippen LogP contribution < -0.4 is 11.3 Å². The van der Waals surface area contributed by atoms with Gasteiger partial charge in [0.15, 0.2) is 0 Å². The van der Waals surface area contributed by atoms with Crippen LogP contribution in [0.3, 0.4) is 0 Å². The van der Waals surface area contributed by atoms with Crippen LogP contribution in [0.1, 0.15) is 25.3 Å². The van der Waals surface area contributed by atoms with Gasteiger partial charge < -0.3 is 0 Å². The van der Waals surface area contributed by atoms with E-state index in [1.807, 2.05) is 31.2 Å². The first-order valence-corrected chi connectivity index (χ1v) is 6.97. The number of halogens is 1. The van der Waals surface area contributed by atoms with Crippen LogP contribution in [-0.4, -0.2) is 11.2 Å². The number of rotatable bonds is 6. The van der Waals surface area contributed by atoms with E-state index in [1.165, 1.54) is 0 Å². The van der Waals surface area contributed by atoms with Crippen molar-refractivity contribution in [2.75, 3.05) is 0 Å². The number of hydrogen-bond donors (Lipinski definition) is 2. The fourth-order valence-electron chi connectivity index (χ4n) is 1.45. The van der Waals surface area contributed by atoms with Crippen molar-refractivity contribution in [3.63, 3.8) is 0 Å². The molecule has 1 aromatic carbocycles. The number of nitrogens with two attached hydrogens (primary N) is 1. The molecule has 0 saturated carbocycles. The summed E-state index contributed by atoms with van der Waals surface area (Å²) in [5.74, 6) is 5.76. The zero-order valence-corrected chi connectivity index (χ0v) is 11.4. The number of nitrogens with one attached hydrogen (secondary N) is 1. The first-order valence-electron chi connectivity index (χ1n) is 5.54. The highest BCUT2D eigenvalue weighted by Gasteiger charge is 2.17. The standard InChI is InChI=1S/C12H17ClN2OS/c1-2-5-11(12(16)15-14)17-8-9-6-3-4-7-10(9)13/h3-4,6-7,11H,2,5,8,14H2,1H3,(H,15,16). The van der Waals surface area contributed by atoms with Gasteiger partial charge in [0.1, 0.15) is 0 Å². The Kier molecular flexibility index (Phi) is 6.40. The topological polar surface area (TPSA) is 55.1 Å². The Balaban J connectivity index is 2.57. The van der Waals surface area contributed by atoms with E-state index in [0.717, 1.165) is 29.2 Å². The van der Waals surface area contributed by atoms with Gasteiger partial charge in [0.25, 0.3) is 0 Å². The zero-order chi connectivity index (χ0) is 12.7. The van der Waals surface area contributed by atoms with E-state index in [2.05, 4.69) is 5.43 Å². The van der Waals surface area contributed by atoms with Gasteiger partial charge in [-0.15, -0.1) is 11.8 Å². The minimum absolute atomic E-state index is 0.110. The monoisotopic (exact) mass is 272 g/mol. The summed E-state index contributed by atoms with van der Waals surface area (Å²) in [5, 5.41) is 0.629. The van der Waals surface area contributed by atoms with E-state index in [0.29, 0.717) is 0 Å². The maximum Gasteiger partial charge on any atom is 0.246 e. The van der Waals surface area contributed by atoms with Crippen LogP contribution in [0, 0.1) is 0 Å². The minimum atomic E-state index is -0.121. The fourth-order valence-corrected chi connectivity index (χ4v) is 2.99.